The van der Waals surface area contributed by atoms with Crippen LogP contribution in [0.25, 0.3) is 0 Å². The summed E-state index contributed by atoms with van der Waals surface area (Å²) in [5.41, 5.74) is 2.91. The maximum atomic E-state index is 13.8. The fourth-order valence-corrected chi connectivity index (χ4v) is 7.29. The molecule has 2 aliphatic rings. The standard InChI is InChI=1S/C23H34N2O4S2/c1-14(2)17-11-19(15(3)4)22(20(12-17)16(5)6)31(28,29)24-9-7-18(8-10-24)25-21(26)13-30-23(25)27/h11-12,14-16,18H,7-10,13H2,1-6H3. The maximum absolute atomic E-state index is 13.8. The fraction of sp³-hybridized carbons (Fsp3) is 0.652. The molecule has 2 saturated heterocycles. The highest BCUT2D eigenvalue weighted by Crippen LogP contribution is 2.38. The Morgan fingerprint density at radius 2 is 1.42 bits per heavy atom. The Labute approximate surface area is 190 Å². The van der Waals surface area contributed by atoms with E-state index in [1.165, 1.54) is 4.90 Å². The number of amides is 2. The molecular formula is C23H34N2O4S2. The lowest BCUT2D eigenvalue weighted by Gasteiger charge is -2.36. The Balaban J connectivity index is 1.95. The summed E-state index contributed by atoms with van der Waals surface area (Å²) >= 11 is 1.03. The molecule has 1 aromatic carbocycles. The van der Waals surface area contributed by atoms with E-state index in [0.717, 1.165) is 28.5 Å². The number of carbonyl (C=O) groups is 2. The first-order valence-electron chi connectivity index (χ1n) is 11.1. The van der Waals surface area contributed by atoms with Crippen LogP contribution in [0.3, 0.4) is 0 Å². The van der Waals surface area contributed by atoms with Crippen LogP contribution in [0.15, 0.2) is 17.0 Å². The number of sulfonamides is 1. The summed E-state index contributed by atoms with van der Waals surface area (Å²) in [5, 5.41) is -0.209. The number of rotatable bonds is 6. The van der Waals surface area contributed by atoms with E-state index < -0.39 is 10.0 Å². The minimum Gasteiger partial charge on any atom is -0.273 e. The molecule has 0 bridgehead atoms. The SMILES string of the molecule is CC(C)c1cc(C(C)C)c(S(=O)(=O)N2CCC(N3C(=O)CSC3=O)CC2)c(C(C)C)c1. The highest BCUT2D eigenvalue weighted by Gasteiger charge is 2.40. The quantitative estimate of drug-likeness (QED) is 0.596. The highest BCUT2D eigenvalue weighted by atomic mass is 32.2. The van der Waals surface area contributed by atoms with E-state index >= 15 is 0 Å². The van der Waals surface area contributed by atoms with Gasteiger partial charge in [-0.25, -0.2) is 8.42 Å². The normalized spacial score (nSPS) is 19.5. The van der Waals surface area contributed by atoms with Crippen LogP contribution in [-0.2, 0) is 14.8 Å². The topological polar surface area (TPSA) is 74.8 Å². The van der Waals surface area contributed by atoms with Crippen molar-refractivity contribution in [2.45, 2.75) is 83.1 Å². The Hall–Kier alpha value is -1.38. The van der Waals surface area contributed by atoms with Crippen LogP contribution in [0.4, 0.5) is 4.79 Å². The molecule has 0 spiro atoms. The molecule has 6 nitrogen and oxygen atoms in total. The molecule has 0 aliphatic carbocycles. The Morgan fingerprint density at radius 1 is 0.903 bits per heavy atom. The summed E-state index contributed by atoms with van der Waals surface area (Å²) < 4.78 is 29.2. The van der Waals surface area contributed by atoms with Crippen molar-refractivity contribution < 1.29 is 18.0 Å². The Morgan fingerprint density at radius 3 is 1.81 bits per heavy atom. The van der Waals surface area contributed by atoms with Gasteiger partial charge in [0.2, 0.25) is 15.9 Å². The lowest BCUT2D eigenvalue weighted by atomic mass is 9.89. The van der Waals surface area contributed by atoms with Gasteiger partial charge in [-0.05, 0) is 47.3 Å². The number of carbonyl (C=O) groups excluding carboxylic acids is 2. The van der Waals surface area contributed by atoms with Gasteiger partial charge in [0, 0.05) is 19.1 Å². The first-order chi connectivity index (χ1) is 14.4. The number of thioether (sulfide) groups is 1. The molecule has 0 saturated carbocycles. The summed E-state index contributed by atoms with van der Waals surface area (Å²) in [6.45, 7) is 13.0. The van der Waals surface area contributed by atoms with Crippen LogP contribution in [0, 0.1) is 0 Å². The molecule has 8 heteroatoms. The van der Waals surface area contributed by atoms with Gasteiger partial charge in [-0.15, -0.1) is 0 Å². The van der Waals surface area contributed by atoms with Crippen molar-refractivity contribution in [2.75, 3.05) is 18.8 Å². The van der Waals surface area contributed by atoms with E-state index in [4.69, 9.17) is 0 Å². The number of hydrogen-bond donors (Lipinski definition) is 0. The third-order valence-electron chi connectivity index (χ3n) is 6.25. The molecule has 0 aromatic heterocycles. The lowest BCUT2D eigenvalue weighted by Crippen LogP contribution is -2.48. The largest absolute Gasteiger partial charge is 0.289 e. The molecule has 0 atom stereocenters. The van der Waals surface area contributed by atoms with Gasteiger partial charge in [0.05, 0.1) is 10.6 Å². The number of piperidine rings is 1. The molecule has 2 fully saturated rings. The molecular weight excluding hydrogens is 432 g/mol. The Kier molecular flexibility index (Phi) is 7.23. The molecule has 2 heterocycles. The second-order valence-corrected chi connectivity index (χ2v) is 12.2. The van der Waals surface area contributed by atoms with Crippen molar-refractivity contribution in [2.24, 2.45) is 0 Å². The van der Waals surface area contributed by atoms with Gasteiger partial charge < -0.3 is 0 Å². The summed E-state index contributed by atoms with van der Waals surface area (Å²) in [5.74, 6) is 0.501. The van der Waals surface area contributed by atoms with E-state index in [0.29, 0.717) is 36.7 Å². The van der Waals surface area contributed by atoms with Crippen LogP contribution < -0.4 is 0 Å². The molecule has 3 rings (SSSR count). The average Bonchev–Trinajstić information content (AvgIpc) is 3.04. The molecule has 0 radical (unpaired) electrons. The molecule has 172 valence electrons. The van der Waals surface area contributed by atoms with Crippen LogP contribution in [0.5, 0.6) is 0 Å². The predicted octanol–water partition coefficient (Wildman–Crippen LogP) is 4.91. The van der Waals surface area contributed by atoms with Gasteiger partial charge in [0.25, 0.3) is 5.24 Å². The molecule has 2 aliphatic heterocycles. The van der Waals surface area contributed by atoms with Gasteiger partial charge in [-0.3, -0.25) is 14.5 Å². The van der Waals surface area contributed by atoms with Crippen molar-refractivity contribution in [3.8, 4) is 0 Å². The van der Waals surface area contributed by atoms with E-state index in [-0.39, 0.29) is 34.8 Å². The second-order valence-electron chi connectivity index (χ2n) is 9.45. The lowest BCUT2D eigenvalue weighted by molar-refractivity contribution is -0.126. The Bertz CT molecular complexity index is 917. The van der Waals surface area contributed by atoms with Crippen molar-refractivity contribution in [3.05, 3.63) is 28.8 Å². The number of imide groups is 1. The minimum absolute atomic E-state index is 0.0791. The van der Waals surface area contributed by atoms with Crippen molar-refractivity contribution in [1.29, 1.82) is 0 Å². The second kappa shape index (κ2) is 9.24. The van der Waals surface area contributed by atoms with Gasteiger partial charge in [-0.2, -0.15) is 4.31 Å². The summed E-state index contributed by atoms with van der Waals surface area (Å²) in [6.07, 6.45) is 0.963. The molecule has 31 heavy (non-hydrogen) atoms. The first-order valence-corrected chi connectivity index (χ1v) is 13.5. The summed E-state index contributed by atoms with van der Waals surface area (Å²) in [6, 6.07) is 3.90. The van der Waals surface area contributed by atoms with E-state index in [1.54, 1.807) is 4.31 Å². The molecule has 0 unspecified atom stereocenters. The predicted molar refractivity (Wildman–Crippen MR) is 125 cm³/mol. The third kappa shape index (κ3) is 4.71. The summed E-state index contributed by atoms with van der Waals surface area (Å²) in [4.78, 5) is 25.9. The summed E-state index contributed by atoms with van der Waals surface area (Å²) in [7, 11) is -3.69. The molecule has 0 N–H and O–H groups in total. The third-order valence-corrected chi connectivity index (χ3v) is 9.12. The highest BCUT2D eigenvalue weighted by molar-refractivity contribution is 8.14. The van der Waals surface area contributed by atoms with Gasteiger partial charge in [-0.1, -0.05) is 65.4 Å². The van der Waals surface area contributed by atoms with Crippen molar-refractivity contribution in [1.82, 2.24) is 9.21 Å². The van der Waals surface area contributed by atoms with Gasteiger partial charge in [0.15, 0.2) is 0 Å². The zero-order valence-corrected chi connectivity index (χ0v) is 21.0. The molecule has 1 aromatic rings. The van der Waals surface area contributed by atoms with Crippen molar-refractivity contribution >= 4 is 32.9 Å². The van der Waals surface area contributed by atoms with Crippen LogP contribution in [-0.4, -0.2) is 53.7 Å². The molecule has 2 amide bonds. The fourth-order valence-electron chi connectivity index (χ4n) is 4.37. The number of nitrogens with zero attached hydrogens (tertiary/aromatic N) is 2. The van der Waals surface area contributed by atoms with Crippen LogP contribution in [0.1, 0.15) is 88.8 Å². The van der Waals surface area contributed by atoms with E-state index in [1.807, 2.05) is 27.7 Å². The van der Waals surface area contributed by atoms with Gasteiger partial charge in [0.1, 0.15) is 0 Å². The minimum atomic E-state index is -3.69. The number of benzene rings is 1. The van der Waals surface area contributed by atoms with Crippen molar-refractivity contribution in [3.63, 3.8) is 0 Å². The average molecular weight is 467 g/mol. The smallest absolute Gasteiger partial charge is 0.273 e. The van der Waals surface area contributed by atoms with E-state index in [2.05, 4.69) is 26.0 Å². The van der Waals surface area contributed by atoms with Crippen LogP contribution >= 0.6 is 11.8 Å². The monoisotopic (exact) mass is 466 g/mol. The zero-order chi connectivity index (χ0) is 23.1. The maximum Gasteiger partial charge on any atom is 0.289 e. The number of hydrogen-bond acceptors (Lipinski definition) is 5. The first kappa shape index (κ1) is 24.3. The van der Waals surface area contributed by atoms with Crippen LogP contribution in [0.2, 0.25) is 0 Å². The van der Waals surface area contributed by atoms with Gasteiger partial charge >= 0.3 is 0 Å². The van der Waals surface area contributed by atoms with E-state index in [9.17, 15) is 18.0 Å². The zero-order valence-electron chi connectivity index (χ0n) is 19.3.